The number of nitrogens with zero attached hydrogens (tertiary/aromatic N) is 3. The Morgan fingerprint density at radius 2 is 2.02 bits per heavy atom. The van der Waals surface area contributed by atoms with Gasteiger partial charge in [-0.1, -0.05) is 11.6 Å². The van der Waals surface area contributed by atoms with Crippen molar-refractivity contribution < 1.29 is 33.0 Å². The lowest BCUT2D eigenvalue weighted by Gasteiger charge is -2.30. The maximum absolute atomic E-state index is 14.7. The summed E-state index contributed by atoms with van der Waals surface area (Å²) < 4.78 is 41.3. The molecule has 2 fully saturated rings. The second-order valence-corrected chi connectivity index (χ2v) is 12.7. The maximum atomic E-state index is 14.7. The number of hydrogen-bond acceptors (Lipinski definition) is 7. The zero-order valence-electron chi connectivity index (χ0n) is 24.5. The molecule has 2 amide bonds. The molecule has 2 aromatic carbocycles. The fourth-order valence-electron chi connectivity index (χ4n) is 5.92. The van der Waals surface area contributed by atoms with Gasteiger partial charge in [-0.2, -0.15) is 5.10 Å². The first-order valence-electron chi connectivity index (χ1n) is 14.6. The van der Waals surface area contributed by atoms with Crippen molar-refractivity contribution in [1.29, 1.82) is 0 Å². The Labute approximate surface area is 261 Å². The van der Waals surface area contributed by atoms with Crippen LogP contribution in [-0.2, 0) is 21.6 Å². The normalized spacial score (nSPS) is 21.1. The zero-order valence-corrected chi connectivity index (χ0v) is 25.3. The molecule has 2 atom stereocenters. The topological polar surface area (TPSA) is 142 Å². The van der Waals surface area contributed by atoms with E-state index in [1.807, 2.05) is 0 Å². The Hall–Kier alpha value is -4.29. The number of fused-ring (bicyclic) bond motifs is 2. The molecule has 13 heteroatoms. The highest BCUT2D eigenvalue weighted by atomic mass is 35.5. The van der Waals surface area contributed by atoms with Gasteiger partial charge in [0, 0.05) is 41.1 Å². The van der Waals surface area contributed by atoms with Crippen molar-refractivity contribution in [3.63, 3.8) is 0 Å². The van der Waals surface area contributed by atoms with Crippen LogP contribution in [0.25, 0.3) is 22.2 Å². The molecule has 45 heavy (non-hydrogen) atoms. The maximum Gasteiger partial charge on any atom is 0.251 e. The van der Waals surface area contributed by atoms with E-state index in [1.165, 1.54) is 30.0 Å². The van der Waals surface area contributed by atoms with Gasteiger partial charge in [0.1, 0.15) is 46.1 Å². The molecule has 2 aromatic heterocycles. The fourth-order valence-corrected chi connectivity index (χ4v) is 6.18. The number of alkyl halides is 1. The van der Waals surface area contributed by atoms with Crippen molar-refractivity contribution in [3.05, 3.63) is 70.3 Å². The van der Waals surface area contributed by atoms with E-state index >= 15 is 0 Å². The lowest BCUT2D eigenvalue weighted by molar-refractivity contribution is -0.123. The molecule has 2 saturated carbocycles. The molecule has 2 aliphatic carbocycles. The second-order valence-electron chi connectivity index (χ2n) is 12.3. The predicted octanol–water partition coefficient (Wildman–Crippen LogP) is 4.48. The van der Waals surface area contributed by atoms with Crippen LogP contribution in [0.5, 0.6) is 11.5 Å². The van der Waals surface area contributed by atoms with Crippen molar-refractivity contribution in [2.45, 2.75) is 49.4 Å². The number of nitrogens with two attached hydrogens (primary N) is 1. The second kappa shape index (κ2) is 10.1. The van der Waals surface area contributed by atoms with E-state index in [-0.39, 0.29) is 46.8 Å². The Bertz CT molecular complexity index is 1910. The molecular formula is C32H30ClF2N5O5. The summed E-state index contributed by atoms with van der Waals surface area (Å²) in [6, 6.07) is 8.51. The van der Waals surface area contributed by atoms with Gasteiger partial charge in [-0.25, -0.2) is 18.4 Å². The molecule has 4 N–H and O–H groups in total. The minimum absolute atomic E-state index is 0.0579. The summed E-state index contributed by atoms with van der Waals surface area (Å²) >= 11 is 6.42. The minimum Gasteiger partial charge on any atom is -0.494 e. The van der Waals surface area contributed by atoms with E-state index in [1.54, 1.807) is 25.3 Å². The van der Waals surface area contributed by atoms with Crippen molar-refractivity contribution in [1.82, 2.24) is 20.1 Å². The van der Waals surface area contributed by atoms with E-state index in [0.717, 1.165) is 6.07 Å². The third-order valence-corrected chi connectivity index (χ3v) is 9.46. The highest BCUT2D eigenvalue weighted by Gasteiger charge is 2.50. The first-order chi connectivity index (χ1) is 21.4. The Kier molecular flexibility index (Phi) is 6.61. The van der Waals surface area contributed by atoms with Gasteiger partial charge in [0.25, 0.3) is 5.91 Å². The molecule has 234 valence electrons. The summed E-state index contributed by atoms with van der Waals surface area (Å²) in [5, 5.41) is 20.0. The number of amides is 2. The number of benzene rings is 2. The first-order valence-corrected chi connectivity index (χ1v) is 15.0. The van der Waals surface area contributed by atoms with Gasteiger partial charge in [-0.05, 0) is 62.1 Å². The van der Waals surface area contributed by atoms with Gasteiger partial charge in [0.2, 0.25) is 11.7 Å². The Balaban J connectivity index is 1.26. The molecule has 0 spiro atoms. The van der Waals surface area contributed by atoms with Crippen molar-refractivity contribution in [2.75, 3.05) is 20.3 Å². The van der Waals surface area contributed by atoms with E-state index in [2.05, 4.69) is 10.4 Å². The smallest absolute Gasteiger partial charge is 0.251 e. The number of methoxy groups -OCH3 is 1. The lowest BCUT2D eigenvalue weighted by Crippen LogP contribution is -2.44. The summed E-state index contributed by atoms with van der Waals surface area (Å²) in [7, 11) is 1.44. The van der Waals surface area contributed by atoms with Gasteiger partial charge >= 0.3 is 0 Å². The number of primary amides is 1. The van der Waals surface area contributed by atoms with Crippen LogP contribution in [0.2, 0.25) is 5.02 Å². The predicted molar refractivity (Wildman–Crippen MR) is 160 cm³/mol. The summed E-state index contributed by atoms with van der Waals surface area (Å²) in [5.41, 5.74) is 4.73. The molecule has 0 unspecified atom stereocenters. The largest absolute Gasteiger partial charge is 0.494 e. The van der Waals surface area contributed by atoms with Gasteiger partial charge in [0.05, 0.1) is 24.4 Å². The third kappa shape index (κ3) is 4.78. The van der Waals surface area contributed by atoms with Crippen LogP contribution in [0, 0.1) is 11.7 Å². The molecule has 1 aliphatic heterocycles. The first kappa shape index (κ1) is 29.4. The Morgan fingerprint density at radius 1 is 1.27 bits per heavy atom. The summed E-state index contributed by atoms with van der Waals surface area (Å²) in [5.74, 6) is -2.89. The summed E-state index contributed by atoms with van der Waals surface area (Å²) in [6.07, 6.45) is 3.63. The molecule has 10 nitrogen and oxygen atoms in total. The third-order valence-electron chi connectivity index (χ3n) is 9.15. The van der Waals surface area contributed by atoms with E-state index in [4.69, 9.17) is 31.8 Å². The van der Waals surface area contributed by atoms with Gasteiger partial charge < -0.3 is 25.6 Å². The van der Waals surface area contributed by atoms with Crippen molar-refractivity contribution >= 4 is 34.3 Å². The van der Waals surface area contributed by atoms with Crippen LogP contribution < -0.4 is 20.5 Å². The van der Waals surface area contributed by atoms with Crippen LogP contribution in [0.4, 0.5) is 8.78 Å². The number of aliphatic hydroxyl groups is 1. The zero-order chi connectivity index (χ0) is 31.9. The number of pyridine rings is 1. The quantitative estimate of drug-likeness (QED) is 0.246. The summed E-state index contributed by atoms with van der Waals surface area (Å²) in [6.45, 7) is 1.36. The van der Waals surface area contributed by atoms with Gasteiger partial charge in [-0.15, -0.1) is 0 Å². The SMILES string of the molecule is COc1cc(C(=O)NC[C@](O)(c2cc3c(c(-c4ccc(F)cc4Cl)n2)OC[C@]3(C)C(N)=O)C2CC2)cc2cn(C3(F)CC3)nc12. The van der Waals surface area contributed by atoms with E-state index < -0.39 is 34.4 Å². The number of ether oxygens (including phenoxy) is 2. The highest BCUT2D eigenvalue weighted by molar-refractivity contribution is 6.33. The monoisotopic (exact) mass is 637 g/mol. The number of nitrogens with one attached hydrogen (secondary N) is 1. The average molecular weight is 638 g/mol. The number of hydrogen-bond donors (Lipinski definition) is 3. The van der Waals surface area contributed by atoms with Crippen molar-refractivity contribution in [2.24, 2.45) is 11.7 Å². The number of aromatic nitrogens is 3. The number of carbonyl (C=O) groups excluding carboxylic acids is 2. The van der Waals surface area contributed by atoms with E-state index in [9.17, 15) is 23.5 Å². The molecule has 0 saturated heterocycles. The van der Waals surface area contributed by atoms with Gasteiger partial charge in [0.15, 0.2) is 0 Å². The minimum atomic E-state index is -1.65. The lowest BCUT2D eigenvalue weighted by atomic mass is 9.81. The number of carbonyl (C=O) groups is 2. The summed E-state index contributed by atoms with van der Waals surface area (Å²) in [4.78, 5) is 30.9. The molecule has 3 aliphatic rings. The van der Waals surface area contributed by atoms with Crippen LogP contribution in [0.3, 0.4) is 0 Å². The van der Waals surface area contributed by atoms with Crippen LogP contribution in [-0.4, -0.2) is 51.9 Å². The van der Waals surface area contributed by atoms with Crippen molar-refractivity contribution in [3.8, 4) is 22.8 Å². The highest BCUT2D eigenvalue weighted by Crippen LogP contribution is 2.51. The van der Waals surface area contributed by atoms with Gasteiger partial charge in [-0.3, -0.25) is 9.59 Å². The van der Waals surface area contributed by atoms with Crippen LogP contribution in [0.1, 0.15) is 54.2 Å². The van der Waals surface area contributed by atoms with E-state index in [0.29, 0.717) is 53.5 Å². The molecule has 0 radical (unpaired) electrons. The Morgan fingerprint density at radius 3 is 2.67 bits per heavy atom. The number of halogens is 3. The fraction of sp³-hybridized carbons (Fsp3) is 0.375. The number of rotatable bonds is 9. The van der Waals surface area contributed by atoms with Crippen LogP contribution >= 0.6 is 11.6 Å². The van der Waals surface area contributed by atoms with Crippen LogP contribution in [0.15, 0.2) is 42.6 Å². The standard InChI is InChI=1S/C32H30ClF2N5O5/c1-30(29(36)42)15-45-27-21(30)12-24(38-26(27)20-6-5-19(34)11-22(20)33)32(43,18-3-4-18)14-37-28(41)16-9-17-13-40(31(35)7-8-31)39-25(17)23(10-16)44-2/h5-6,9-13,18,43H,3-4,7-8,14-15H2,1-2H3,(H2,36,42)(H,37,41)/t30-,32+/m0/s1. The molecule has 4 aromatic rings. The molecular weight excluding hydrogens is 608 g/mol. The molecule has 7 rings (SSSR count). The molecule has 0 bridgehead atoms. The molecule has 3 heterocycles. The average Bonchev–Trinajstić information content (AvgIpc) is 3.93.